The molecule has 17 nitrogen and oxygen atoms in total. The number of nitrogen functional groups attached to an aromatic ring is 1. The minimum Gasteiger partial charge on any atom is -0.744 e. The summed E-state index contributed by atoms with van der Waals surface area (Å²) in [6, 6.07) is 7.57. The van der Waals surface area contributed by atoms with Gasteiger partial charge < -0.3 is 34.9 Å². The van der Waals surface area contributed by atoms with Gasteiger partial charge in [-0.25, -0.2) is 16.8 Å². The molecule has 5 N–H and O–H groups in total. The predicted octanol–water partition coefficient (Wildman–Crippen LogP) is -1.67. The minimum atomic E-state index is -5.07. The van der Waals surface area contributed by atoms with Gasteiger partial charge in [-0.3, -0.25) is 3.56 Å². The molecule has 0 radical (unpaired) electrons. The fraction of sp³-hybridized carbons (Fsp3) is 0.174. The molecule has 4 aromatic rings. The smallest absolute Gasteiger partial charge is 0.744 e. The number of benzene rings is 3. The van der Waals surface area contributed by atoms with Gasteiger partial charge in [0.2, 0.25) is 11.9 Å². The van der Waals surface area contributed by atoms with Gasteiger partial charge in [0, 0.05) is 37.4 Å². The number of azo groups is 1. The first kappa shape index (κ1) is 41.9. The van der Waals surface area contributed by atoms with Crippen LogP contribution >= 0.6 is 35.7 Å². The van der Waals surface area contributed by atoms with Crippen molar-refractivity contribution in [2.45, 2.75) is 9.79 Å². The summed E-state index contributed by atoms with van der Waals surface area (Å²) in [4.78, 5) is 11.7. The van der Waals surface area contributed by atoms with Crippen LogP contribution in [-0.4, -0.2) is 72.3 Å². The molecule has 240 valence electrons. The number of hydrogen-bond acceptors (Lipinski definition) is 17. The maximum absolute atomic E-state index is 14.2. The second-order valence-electron chi connectivity index (χ2n) is 8.86. The van der Waals surface area contributed by atoms with Crippen molar-refractivity contribution in [3.63, 3.8) is 0 Å². The Balaban J connectivity index is 0.00000148. The number of phenols is 1. The Morgan fingerprint density at radius 2 is 1.68 bits per heavy atom. The third-order valence-corrected chi connectivity index (χ3v) is 7.69. The summed E-state index contributed by atoms with van der Waals surface area (Å²) in [6.07, 6.45) is -1.08. The Bertz CT molecular complexity index is 2030. The van der Waals surface area contributed by atoms with Crippen LogP contribution < -0.4 is 75.1 Å². The first-order valence-electron chi connectivity index (χ1n) is 12.2. The summed E-state index contributed by atoms with van der Waals surface area (Å²) < 4.78 is 95.9. The van der Waals surface area contributed by atoms with Gasteiger partial charge in [0.25, 0.3) is 0 Å². The van der Waals surface area contributed by atoms with Crippen molar-refractivity contribution in [2.75, 3.05) is 42.3 Å². The molecule has 0 aliphatic carbocycles. The first-order chi connectivity index (χ1) is 21.2. The van der Waals surface area contributed by atoms with Crippen LogP contribution in [0.15, 0.2) is 62.5 Å². The number of aromatic hydroxyl groups is 1. The zero-order valence-corrected chi connectivity index (χ0v) is 34.3. The van der Waals surface area contributed by atoms with E-state index in [0.29, 0.717) is 32.4 Å². The number of phenolic OH excluding ortho intramolecular Hbond substituents is 1. The van der Waals surface area contributed by atoms with E-state index in [1.54, 1.807) is 4.90 Å². The van der Waals surface area contributed by atoms with Crippen LogP contribution in [0.5, 0.6) is 5.75 Å². The number of rotatable bonds is 7. The topological polar surface area (TPSA) is 272 Å². The Morgan fingerprint density at radius 3 is 2.30 bits per heavy atom. The van der Waals surface area contributed by atoms with E-state index < -0.39 is 47.5 Å². The molecule has 3 aromatic carbocycles. The molecule has 1 fully saturated rings. The van der Waals surface area contributed by atoms with Crippen molar-refractivity contribution < 1.29 is 99.3 Å². The van der Waals surface area contributed by atoms with Crippen molar-refractivity contribution in [1.82, 2.24) is 15.0 Å². The van der Waals surface area contributed by atoms with E-state index >= 15 is 0 Å². The van der Waals surface area contributed by atoms with Crippen LogP contribution in [0, 0.1) is 9.64 Å². The second-order valence-corrected chi connectivity index (χ2v) is 14.7. The molecule has 2 heterocycles. The molecule has 1 aliphatic heterocycles. The Hall–Kier alpha value is -1.30. The summed E-state index contributed by atoms with van der Waals surface area (Å²) >= 11 is 1.88. The van der Waals surface area contributed by atoms with Crippen LogP contribution in [0.25, 0.3) is 10.8 Å². The minimum absolute atomic E-state index is 0. The summed E-state index contributed by atoms with van der Waals surface area (Å²) in [6.45, 7) is 1.63. The normalized spacial score (nSPS) is 13.3. The molecule has 1 aliphatic rings. The van der Waals surface area contributed by atoms with E-state index in [1.807, 2.05) is 0 Å². The molecule has 24 heteroatoms. The van der Waals surface area contributed by atoms with E-state index in [-0.39, 0.29) is 116 Å². The maximum Gasteiger partial charge on any atom is 1.00 e. The van der Waals surface area contributed by atoms with Gasteiger partial charge in [0.1, 0.15) is 37.4 Å². The first-order valence-corrected chi connectivity index (χ1v) is 22.3. The number of halogens is 3. The predicted molar refractivity (Wildman–Crippen MR) is 173 cm³/mol. The van der Waals surface area contributed by atoms with Gasteiger partial charge in [-0.15, -0.1) is 10.2 Å². The number of hydrogen-bond donors (Lipinski definition) is 4. The monoisotopic (exact) mass is 933 g/mol. The Kier molecular flexibility index (Phi) is 16.1. The number of nitrogens with one attached hydrogen (secondary N) is 2. The van der Waals surface area contributed by atoms with E-state index in [1.165, 1.54) is 18.2 Å². The van der Waals surface area contributed by atoms with Crippen LogP contribution in [0.1, 0.15) is 0 Å². The van der Waals surface area contributed by atoms with Gasteiger partial charge >= 0.3 is 65.2 Å². The van der Waals surface area contributed by atoms with Crippen LogP contribution in [0.3, 0.4) is 0 Å². The van der Waals surface area contributed by atoms with Gasteiger partial charge in [0.15, 0.2) is 0 Å². The van der Waals surface area contributed by atoms with Crippen molar-refractivity contribution in [3.8, 4) is 5.75 Å². The third-order valence-electron chi connectivity index (χ3n) is 6.00. The van der Waals surface area contributed by atoms with Crippen molar-refractivity contribution in [3.05, 3.63) is 48.5 Å². The number of ether oxygens (including phenoxy) is 1. The number of nitrogens with two attached hydrogens (primary N) is 1. The number of fused-ring (bicyclic) bond motifs is 1. The van der Waals surface area contributed by atoms with Gasteiger partial charge in [0.05, 0.1) is 51.1 Å². The summed E-state index contributed by atoms with van der Waals surface area (Å²) in [7, 11) is -9.98. The zero-order chi connectivity index (χ0) is 32.9. The number of aromatic nitrogens is 3. The fourth-order valence-corrected chi connectivity index (χ4v) is 5.20. The summed E-state index contributed by atoms with van der Waals surface area (Å²) in [5.74, 6) is -0.841. The molecule has 0 saturated carbocycles. The molecule has 1 aromatic heterocycles. The average Bonchev–Trinajstić information content (AvgIpc) is 2.96. The molecule has 0 spiro atoms. The second kappa shape index (κ2) is 18.1. The van der Waals surface area contributed by atoms with Crippen LogP contribution in [0.2, 0.25) is 0 Å². The van der Waals surface area contributed by atoms with E-state index in [2.05, 4.69) is 49.1 Å². The van der Waals surface area contributed by atoms with Crippen LogP contribution in [0.4, 0.5) is 39.0 Å². The standard InChI is InChI=1S/C23H21FN8O8S2.HI2N.2Na/c24-21-27-22(29-23(28-21)32-5-7-40-8-6-32)26-13-2-4-18(42(37,38)39)16(10-13)30-31-20-15(25)3-1-12-9-14(41(34,35)36)11-17(33)19(12)20;1-2-3;;/h1-4,9-11,33H,5-8,25H2,(H,34,35,36)(H,37,38,39)(H,26,27,28,29);3H;;/q;;2*+1/p-2. The molecule has 47 heavy (non-hydrogen) atoms. The van der Waals surface area contributed by atoms with E-state index in [4.69, 9.17) is 14.0 Å². The van der Waals surface area contributed by atoms with Gasteiger partial charge in [-0.2, -0.15) is 19.3 Å². The molecule has 0 amide bonds. The quantitative estimate of drug-likeness (QED) is 0.0531. The molecular formula is C23H20FI2N9Na2O8S2. The van der Waals surface area contributed by atoms with Crippen molar-refractivity contribution in [2.24, 2.45) is 10.2 Å². The number of morpholine rings is 1. The third kappa shape index (κ3) is 11.1. The largest absolute Gasteiger partial charge is 1.00 e. The maximum atomic E-state index is 14.2. The number of nitrogens with zero attached hydrogens (tertiary/aromatic N) is 6. The van der Waals surface area contributed by atoms with Gasteiger partial charge in [-0.05, 0) is 41.8 Å². The molecule has 5 rings (SSSR count). The summed E-state index contributed by atoms with van der Waals surface area (Å²) in [5.41, 5.74) is 5.34. The van der Waals surface area contributed by atoms with Crippen molar-refractivity contribution in [1.29, 1.82) is 3.56 Å². The van der Waals surface area contributed by atoms with Gasteiger partial charge in [-0.1, -0.05) is 6.07 Å². The molecule has 0 bridgehead atoms. The van der Waals surface area contributed by atoms with E-state index in [9.17, 15) is 35.4 Å². The SMILES string of the molecule is N=II.Nc1ccc2cc(S(=O)(=O)[O-])cc(O)c2c1N=Nc1cc(Nc2nc(F)nc(N3CCOCC3)n2)ccc1S(=O)(=O)[O-].[Na+].[Na+]. The zero-order valence-electron chi connectivity index (χ0n) is 24.4. The average molecular weight is 933 g/mol. The fourth-order valence-electron chi connectivity index (χ4n) is 4.08. The number of anilines is 4. The molecular weight excluding hydrogens is 913 g/mol. The molecule has 0 unspecified atom stereocenters. The Labute approximate surface area is 331 Å². The Morgan fingerprint density at radius 1 is 1.02 bits per heavy atom. The van der Waals surface area contributed by atoms with E-state index in [0.717, 1.165) is 18.2 Å². The molecule has 0 atom stereocenters. The van der Waals surface area contributed by atoms with Crippen LogP contribution in [-0.2, 0) is 25.0 Å². The molecule has 1 saturated heterocycles. The van der Waals surface area contributed by atoms with Crippen molar-refractivity contribution >= 4 is 101 Å². The summed E-state index contributed by atoms with van der Waals surface area (Å²) in [5, 5.41) is 20.9.